The maximum absolute atomic E-state index is 12.0. The van der Waals surface area contributed by atoms with E-state index in [9.17, 15) is 4.79 Å². The van der Waals surface area contributed by atoms with Crippen molar-refractivity contribution >= 4 is 40.7 Å². The highest BCUT2D eigenvalue weighted by Crippen LogP contribution is 2.35. The lowest BCUT2D eigenvalue weighted by molar-refractivity contribution is -0.123. The molecule has 2 N–H and O–H groups in total. The minimum atomic E-state index is -0.282. The zero-order valence-electron chi connectivity index (χ0n) is 12.6. The Morgan fingerprint density at radius 1 is 1.14 bits per heavy atom. The van der Waals surface area contributed by atoms with Crippen LogP contribution in [0.5, 0.6) is 0 Å². The topological polar surface area (TPSA) is 41.1 Å². The molecule has 6 heteroatoms. The van der Waals surface area contributed by atoms with Crippen molar-refractivity contribution in [1.29, 1.82) is 0 Å². The maximum Gasteiger partial charge on any atom is 0.236 e. The van der Waals surface area contributed by atoms with Gasteiger partial charge in [-0.15, -0.1) is 0 Å². The summed E-state index contributed by atoms with van der Waals surface area (Å²) in [5.41, 5.74) is 0.823. The highest BCUT2D eigenvalue weighted by Gasteiger charge is 2.23. The lowest BCUT2D eigenvalue weighted by Gasteiger charge is -2.24. The molecule has 3 nitrogen and oxygen atoms in total. The Labute approximate surface area is 141 Å². The number of hydrogen-bond donors (Lipinski definition) is 2. The van der Waals surface area contributed by atoms with E-state index in [2.05, 4.69) is 24.5 Å². The standard InChI is InChI=1S/C15H21Cl3N2O/c1-8(2)7-12(15(21)19-4)20-9(3)10-5-6-11(16)14(18)13(10)17/h5-6,8-9,12,20H,7H2,1-4H3,(H,19,21). The molecule has 21 heavy (non-hydrogen) atoms. The predicted octanol–water partition coefficient (Wildman–Crippen LogP) is 4.46. The van der Waals surface area contributed by atoms with Gasteiger partial charge in [0.15, 0.2) is 0 Å². The predicted molar refractivity (Wildman–Crippen MR) is 90.3 cm³/mol. The van der Waals surface area contributed by atoms with E-state index >= 15 is 0 Å². The van der Waals surface area contributed by atoms with Crippen LogP contribution in [0.25, 0.3) is 0 Å². The molecule has 118 valence electrons. The number of carbonyl (C=O) groups excluding carboxylic acids is 1. The molecule has 0 aliphatic carbocycles. The van der Waals surface area contributed by atoms with Crippen molar-refractivity contribution in [1.82, 2.24) is 10.6 Å². The third kappa shape index (κ3) is 5.03. The first-order chi connectivity index (χ1) is 9.77. The van der Waals surface area contributed by atoms with Gasteiger partial charge in [0.1, 0.15) is 0 Å². The van der Waals surface area contributed by atoms with Crippen molar-refractivity contribution in [2.75, 3.05) is 7.05 Å². The molecule has 0 saturated heterocycles. The molecule has 0 heterocycles. The van der Waals surface area contributed by atoms with E-state index in [1.807, 2.05) is 13.0 Å². The average Bonchev–Trinajstić information content (AvgIpc) is 2.42. The van der Waals surface area contributed by atoms with Gasteiger partial charge in [-0.3, -0.25) is 10.1 Å². The van der Waals surface area contributed by atoms with E-state index in [-0.39, 0.29) is 18.0 Å². The molecule has 0 aliphatic heterocycles. The van der Waals surface area contributed by atoms with Crippen molar-refractivity contribution in [3.8, 4) is 0 Å². The number of likely N-dealkylation sites (N-methyl/N-ethyl adjacent to an activating group) is 1. The van der Waals surface area contributed by atoms with Gasteiger partial charge in [-0.25, -0.2) is 0 Å². The summed E-state index contributed by atoms with van der Waals surface area (Å²) in [6.07, 6.45) is 0.739. The minimum absolute atomic E-state index is 0.0354. The average molecular weight is 352 g/mol. The van der Waals surface area contributed by atoms with Crippen molar-refractivity contribution in [2.45, 2.75) is 39.3 Å². The lowest BCUT2D eigenvalue weighted by Crippen LogP contribution is -2.44. The quantitative estimate of drug-likeness (QED) is 0.743. The molecule has 0 spiro atoms. The number of halogens is 3. The second-order valence-corrected chi connectivity index (χ2v) is 6.61. The fourth-order valence-corrected chi connectivity index (χ4v) is 2.87. The minimum Gasteiger partial charge on any atom is -0.358 e. The summed E-state index contributed by atoms with van der Waals surface area (Å²) in [6.45, 7) is 6.10. The van der Waals surface area contributed by atoms with Gasteiger partial charge in [0.05, 0.1) is 21.1 Å². The number of benzene rings is 1. The van der Waals surface area contributed by atoms with Gasteiger partial charge in [-0.05, 0) is 30.9 Å². The van der Waals surface area contributed by atoms with E-state index in [4.69, 9.17) is 34.8 Å². The highest BCUT2D eigenvalue weighted by atomic mass is 35.5. The lowest BCUT2D eigenvalue weighted by atomic mass is 10.0. The molecule has 1 aromatic rings. The second kappa shape index (κ2) is 8.23. The van der Waals surface area contributed by atoms with Crippen LogP contribution in [0.1, 0.15) is 38.8 Å². The summed E-state index contributed by atoms with van der Waals surface area (Å²) < 4.78 is 0. The Bertz CT molecular complexity index is 506. The molecular weight excluding hydrogens is 331 g/mol. The van der Waals surface area contributed by atoms with Gasteiger partial charge in [-0.2, -0.15) is 0 Å². The van der Waals surface area contributed by atoms with Gasteiger partial charge in [-0.1, -0.05) is 54.7 Å². The van der Waals surface area contributed by atoms with Crippen LogP contribution in [0.4, 0.5) is 0 Å². The van der Waals surface area contributed by atoms with E-state index < -0.39 is 0 Å². The van der Waals surface area contributed by atoms with Crippen LogP contribution in [-0.2, 0) is 4.79 Å². The molecule has 1 rings (SSSR count). The number of nitrogens with one attached hydrogen (secondary N) is 2. The van der Waals surface area contributed by atoms with E-state index in [1.165, 1.54) is 0 Å². The molecule has 0 aliphatic rings. The van der Waals surface area contributed by atoms with Crippen molar-refractivity contribution in [2.24, 2.45) is 5.92 Å². The molecule has 0 saturated carbocycles. The second-order valence-electron chi connectivity index (χ2n) is 5.45. The summed E-state index contributed by atoms with van der Waals surface area (Å²) in [7, 11) is 1.63. The molecule has 1 aromatic carbocycles. The zero-order valence-corrected chi connectivity index (χ0v) is 14.9. The molecule has 0 radical (unpaired) electrons. The fourth-order valence-electron chi connectivity index (χ4n) is 2.16. The van der Waals surface area contributed by atoms with Crippen LogP contribution in [0.3, 0.4) is 0 Å². The molecule has 2 unspecified atom stereocenters. The summed E-state index contributed by atoms with van der Waals surface area (Å²) in [4.78, 5) is 12.0. The van der Waals surface area contributed by atoms with Crippen LogP contribution in [0.15, 0.2) is 12.1 Å². The van der Waals surface area contributed by atoms with Crippen LogP contribution >= 0.6 is 34.8 Å². The van der Waals surface area contributed by atoms with E-state index in [1.54, 1.807) is 13.1 Å². The number of carbonyl (C=O) groups is 1. The molecule has 0 bridgehead atoms. The first-order valence-electron chi connectivity index (χ1n) is 6.89. The first kappa shape index (κ1) is 18.6. The summed E-state index contributed by atoms with van der Waals surface area (Å²) in [5.74, 6) is 0.364. The highest BCUT2D eigenvalue weighted by molar-refractivity contribution is 6.48. The van der Waals surface area contributed by atoms with Gasteiger partial charge < -0.3 is 5.32 Å². The molecule has 1 amide bonds. The Morgan fingerprint density at radius 3 is 2.29 bits per heavy atom. The first-order valence-corrected chi connectivity index (χ1v) is 8.02. The van der Waals surface area contributed by atoms with E-state index in [0.29, 0.717) is 21.0 Å². The van der Waals surface area contributed by atoms with Gasteiger partial charge in [0, 0.05) is 13.1 Å². The van der Waals surface area contributed by atoms with E-state index in [0.717, 1.165) is 12.0 Å². The summed E-state index contributed by atoms with van der Waals surface area (Å²) in [5, 5.41) is 7.16. The summed E-state index contributed by atoms with van der Waals surface area (Å²) >= 11 is 18.2. The number of rotatable bonds is 6. The monoisotopic (exact) mass is 350 g/mol. The van der Waals surface area contributed by atoms with Crippen LogP contribution in [-0.4, -0.2) is 19.0 Å². The van der Waals surface area contributed by atoms with Gasteiger partial charge >= 0.3 is 0 Å². The largest absolute Gasteiger partial charge is 0.358 e. The van der Waals surface area contributed by atoms with Gasteiger partial charge in [0.2, 0.25) is 5.91 Å². The Morgan fingerprint density at radius 2 is 1.76 bits per heavy atom. The zero-order chi connectivity index (χ0) is 16.2. The van der Waals surface area contributed by atoms with Crippen LogP contribution in [0, 0.1) is 5.92 Å². The third-order valence-corrected chi connectivity index (χ3v) is 4.56. The van der Waals surface area contributed by atoms with Gasteiger partial charge in [0.25, 0.3) is 0 Å². The number of hydrogen-bond acceptors (Lipinski definition) is 2. The SMILES string of the molecule is CNC(=O)C(CC(C)C)NC(C)c1ccc(Cl)c(Cl)c1Cl. The normalized spacial score (nSPS) is 14.1. The maximum atomic E-state index is 12.0. The smallest absolute Gasteiger partial charge is 0.236 e. The Kier molecular flexibility index (Phi) is 7.28. The van der Waals surface area contributed by atoms with Crippen molar-refractivity contribution in [3.05, 3.63) is 32.8 Å². The summed E-state index contributed by atoms with van der Waals surface area (Å²) in [6, 6.07) is 3.13. The van der Waals surface area contributed by atoms with Crippen LogP contribution < -0.4 is 10.6 Å². The molecule has 0 fully saturated rings. The molecule has 0 aromatic heterocycles. The Balaban J connectivity index is 2.94. The molecular formula is C15H21Cl3N2O. The fraction of sp³-hybridized carbons (Fsp3) is 0.533. The molecule has 2 atom stereocenters. The number of amides is 1. The third-order valence-electron chi connectivity index (χ3n) is 3.25. The van der Waals surface area contributed by atoms with Crippen LogP contribution in [0.2, 0.25) is 15.1 Å². The van der Waals surface area contributed by atoms with Crippen molar-refractivity contribution < 1.29 is 4.79 Å². The van der Waals surface area contributed by atoms with Crippen molar-refractivity contribution in [3.63, 3.8) is 0 Å². The Hall–Kier alpha value is -0.480.